The molecule has 0 bridgehead atoms. The third kappa shape index (κ3) is 4.16. The summed E-state index contributed by atoms with van der Waals surface area (Å²) in [5.74, 6) is 0.240. The Hall–Kier alpha value is -0.650. The van der Waals surface area contributed by atoms with E-state index in [1.807, 2.05) is 11.8 Å². The molecule has 5 nitrogen and oxygen atoms in total. The summed E-state index contributed by atoms with van der Waals surface area (Å²) in [6.45, 7) is 7.16. The minimum absolute atomic E-state index is 0.240. The maximum absolute atomic E-state index is 12.0. The highest BCUT2D eigenvalue weighted by Crippen LogP contribution is 2.20. The molecule has 1 unspecified atom stereocenters. The van der Waals surface area contributed by atoms with E-state index >= 15 is 0 Å². The Morgan fingerprint density at radius 3 is 2.68 bits per heavy atom. The first-order valence-corrected chi connectivity index (χ1v) is 7.56. The van der Waals surface area contributed by atoms with Crippen LogP contribution in [-0.2, 0) is 9.53 Å². The molecule has 2 heterocycles. The van der Waals surface area contributed by atoms with Crippen LogP contribution >= 0.6 is 0 Å². The summed E-state index contributed by atoms with van der Waals surface area (Å²) in [7, 11) is 0. The van der Waals surface area contributed by atoms with E-state index in [1.165, 1.54) is 0 Å². The molecule has 0 aliphatic carbocycles. The lowest BCUT2D eigenvalue weighted by atomic mass is 10.0. The van der Waals surface area contributed by atoms with Gasteiger partial charge in [0.1, 0.15) is 0 Å². The normalized spacial score (nSPS) is 26.0. The van der Waals surface area contributed by atoms with E-state index in [0.717, 1.165) is 45.4 Å². The van der Waals surface area contributed by atoms with E-state index in [2.05, 4.69) is 4.90 Å². The Balaban J connectivity index is 1.72. The molecule has 2 N–H and O–H groups in total. The molecule has 0 radical (unpaired) electrons. The van der Waals surface area contributed by atoms with E-state index in [0.29, 0.717) is 31.7 Å². The molecule has 110 valence electrons. The van der Waals surface area contributed by atoms with Gasteiger partial charge in [-0.15, -0.1) is 0 Å². The molecular weight excluding hydrogens is 242 g/mol. The molecule has 0 spiro atoms. The highest BCUT2D eigenvalue weighted by Gasteiger charge is 2.31. The molecule has 2 fully saturated rings. The van der Waals surface area contributed by atoms with Gasteiger partial charge in [0.05, 0.1) is 13.0 Å². The summed E-state index contributed by atoms with van der Waals surface area (Å²) < 4.78 is 5.25. The first-order chi connectivity index (χ1) is 9.20. The number of hydrogen-bond donors (Lipinski definition) is 1. The van der Waals surface area contributed by atoms with Crippen molar-refractivity contribution in [2.24, 2.45) is 5.73 Å². The van der Waals surface area contributed by atoms with Crippen molar-refractivity contribution < 1.29 is 9.53 Å². The lowest BCUT2D eigenvalue weighted by Gasteiger charge is -2.34. The summed E-state index contributed by atoms with van der Waals surface area (Å²) in [6, 6.07) is 0.921. The molecule has 1 amide bonds. The zero-order valence-corrected chi connectivity index (χ0v) is 12.0. The van der Waals surface area contributed by atoms with Crippen molar-refractivity contribution in [3.63, 3.8) is 0 Å². The average molecular weight is 269 g/mol. The van der Waals surface area contributed by atoms with Gasteiger partial charge in [-0.05, 0) is 39.3 Å². The fourth-order valence-electron chi connectivity index (χ4n) is 3.01. The summed E-state index contributed by atoms with van der Waals surface area (Å²) in [5.41, 5.74) is 5.93. The van der Waals surface area contributed by atoms with Crippen molar-refractivity contribution in [1.29, 1.82) is 0 Å². The third-order valence-electron chi connectivity index (χ3n) is 4.27. The number of ether oxygens (including phenoxy) is 1. The minimum atomic E-state index is 0.240. The molecule has 2 rings (SSSR count). The number of rotatable bonds is 5. The van der Waals surface area contributed by atoms with Gasteiger partial charge in [0.25, 0.3) is 0 Å². The fourth-order valence-corrected chi connectivity index (χ4v) is 3.01. The lowest BCUT2D eigenvalue weighted by molar-refractivity contribution is -0.131. The van der Waals surface area contributed by atoms with Crippen LogP contribution in [0.4, 0.5) is 0 Å². The quantitative estimate of drug-likeness (QED) is 0.736. The van der Waals surface area contributed by atoms with E-state index in [9.17, 15) is 4.79 Å². The van der Waals surface area contributed by atoms with Gasteiger partial charge in [0.2, 0.25) is 5.91 Å². The summed E-state index contributed by atoms with van der Waals surface area (Å²) >= 11 is 0. The number of piperidine rings is 1. The largest absolute Gasteiger partial charge is 0.381 e. The number of nitrogens with two attached hydrogens (primary N) is 1. The van der Waals surface area contributed by atoms with Gasteiger partial charge >= 0.3 is 0 Å². The smallest absolute Gasteiger partial charge is 0.224 e. The number of carbonyl (C=O) groups is 1. The summed E-state index contributed by atoms with van der Waals surface area (Å²) in [4.78, 5) is 16.5. The first-order valence-electron chi connectivity index (χ1n) is 7.56. The Labute approximate surface area is 116 Å². The van der Waals surface area contributed by atoms with Crippen molar-refractivity contribution in [2.75, 3.05) is 39.4 Å². The molecule has 0 aromatic rings. The van der Waals surface area contributed by atoms with Crippen LogP contribution in [0.2, 0.25) is 0 Å². The molecule has 0 saturated carbocycles. The van der Waals surface area contributed by atoms with Gasteiger partial charge in [-0.25, -0.2) is 0 Å². The topological polar surface area (TPSA) is 58.8 Å². The molecular formula is C14H27N3O2. The van der Waals surface area contributed by atoms with Gasteiger partial charge in [-0.1, -0.05) is 0 Å². The Morgan fingerprint density at radius 1 is 1.26 bits per heavy atom. The van der Waals surface area contributed by atoms with Crippen molar-refractivity contribution in [1.82, 2.24) is 9.80 Å². The SMILES string of the molecule is CCOCCC(=O)N1CCC(N2CCC(N)CC2)C1. The van der Waals surface area contributed by atoms with E-state index in [4.69, 9.17) is 10.5 Å². The van der Waals surface area contributed by atoms with E-state index in [1.54, 1.807) is 0 Å². The van der Waals surface area contributed by atoms with Crippen molar-refractivity contribution in [3.8, 4) is 0 Å². The monoisotopic (exact) mass is 269 g/mol. The second kappa shape index (κ2) is 7.22. The van der Waals surface area contributed by atoms with E-state index in [-0.39, 0.29) is 5.91 Å². The zero-order valence-electron chi connectivity index (χ0n) is 12.0. The van der Waals surface area contributed by atoms with Crippen LogP contribution in [0, 0.1) is 0 Å². The van der Waals surface area contributed by atoms with Crippen LogP contribution in [0.1, 0.15) is 32.6 Å². The van der Waals surface area contributed by atoms with Crippen LogP contribution in [-0.4, -0.2) is 67.2 Å². The third-order valence-corrected chi connectivity index (χ3v) is 4.27. The molecule has 2 aliphatic heterocycles. The first kappa shape index (κ1) is 14.8. The van der Waals surface area contributed by atoms with Crippen molar-refractivity contribution >= 4 is 5.91 Å². The molecule has 0 aromatic heterocycles. The van der Waals surface area contributed by atoms with Crippen molar-refractivity contribution in [3.05, 3.63) is 0 Å². The van der Waals surface area contributed by atoms with Crippen molar-refractivity contribution in [2.45, 2.75) is 44.7 Å². The zero-order chi connectivity index (χ0) is 13.7. The highest BCUT2D eigenvalue weighted by atomic mass is 16.5. The summed E-state index contributed by atoms with van der Waals surface area (Å²) in [6.07, 6.45) is 3.81. The van der Waals surface area contributed by atoms with Gasteiger partial charge in [0, 0.05) is 31.8 Å². The van der Waals surface area contributed by atoms with Gasteiger partial charge < -0.3 is 15.4 Å². The number of likely N-dealkylation sites (tertiary alicyclic amines) is 2. The van der Waals surface area contributed by atoms with Crippen LogP contribution < -0.4 is 5.73 Å². The molecule has 19 heavy (non-hydrogen) atoms. The molecule has 2 saturated heterocycles. The number of nitrogens with zero attached hydrogens (tertiary/aromatic N) is 2. The maximum Gasteiger partial charge on any atom is 0.224 e. The highest BCUT2D eigenvalue weighted by molar-refractivity contribution is 5.76. The van der Waals surface area contributed by atoms with Gasteiger partial charge in [0.15, 0.2) is 0 Å². The molecule has 1 atom stereocenters. The lowest BCUT2D eigenvalue weighted by Crippen LogP contribution is -2.46. The molecule has 5 heteroatoms. The standard InChI is InChI=1S/C14H27N3O2/c1-2-19-10-6-14(18)17-9-5-13(11-17)16-7-3-12(15)4-8-16/h12-13H,2-11,15H2,1H3. The second-order valence-electron chi connectivity index (χ2n) is 5.60. The van der Waals surface area contributed by atoms with Crippen LogP contribution in [0.3, 0.4) is 0 Å². The average Bonchev–Trinajstić information content (AvgIpc) is 2.89. The second-order valence-corrected chi connectivity index (χ2v) is 5.60. The molecule has 0 aromatic carbocycles. The van der Waals surface area contributed by atoms with Gasteiger partial charge in [-0.2, -0.15) is 0 Å². The van der Waals surface area contributed by atoms with Crippen LogP contribution in [0.15, 0.2) is 0 Å². The van der Waals surface area contributed by atoms with Crippen LogP contribution in [0.25, 0.3) is 0 Å². The number of carbonyl (C=O) groups excluding carboxylic acids is 1. The van der Waals surface area contributed by atoms with Gasteiger partial charge in [-0.3, -0.25) is 9.69 Å². The number of hydrogen-bond acceptors (Lipinski definition) is 4. The Kier molecular flexibility index (Phi) is 5.60. The minimum Gasteiger partial charge on any atom is -0.381 e. The molecule has 2 aliphatic rings. The number of amides is 1. The van der Waals surface area contributed by atoms with E-state index < -0.39 is 0 Å². The Morgan fingerprint density at radius 2 is 2.00 bits per heavy atom. The Bertz CT molecular complexity index is 290. The predicted molar refractivity (Wildman–Crippen MR) is 74.9 cm³/mol. The summed E-state index contributed by atoms with van der Waals surface area (Å²) in [5, 5.41) is 0. The van der Waals surface area contributed by atoms with Crippen LogP contribution in [0.5, 0.6) is 0 Å². The predicted octanol–water partition coefficient (Wildman–Crippen LogP) is 0.437. The maximum atomic E-state index is 12.0. The fraction of sp³-hybridized carbons (Fsp3) is 0.929.